The van der Waals surface area contributed by atoms with Crippen LogP contribution in [-0.2, 0) is 16.1 Å². The van der Waals surface area contributed by atoms with E-state index in [0.717, 1.165) is 10.9 Å². The van der Waals surface area contributed by atoms with E-state index in [1.807, 2.05) is 30.5 Å². The van der Waals surface area contributed by atoms with Crippen LogP contribution in [0.3, 0.4) is 0 Å². The fourth-order valence-electron chi connectivity index (χ4n) is 3.07. The van der Waals surface area contributed by atoms with Gasteiger partial charge in [-0.1, -0.05) is 18.2 Å². The van der Waals surface area contributed by atoms with E-state index in [9.17, 15) is 9.59 Å². The molecule has 0 saturated heterocycles. The van der Waals surface area contributed by atoms with E-state index in [1.165, 1.54) is 0 Å². The number of para-hydroxylation sites is 1. The summed E-state index contributed by atoms with van der Waals surface area (Å²) in [6, 6.07) is 15.4. The van der Waals surface area contributed by atoms with Gasteiger partial charge in [-0.25, -0.2) is 0 Å². The Kier molecular flexibility index (Phi) is 4.08. The van der Waals surface area contributed by atoms with E-state index >= 15 is 0 Å². The lowest BCUT2D eigenvalue weighted by Gasteiger charge is -2.23. The summed E-state index contributed by atoms with van der Waals surface area (Å²) in [5.41, 5.74) is 2.31. The minimum Gasteiger partial charge on any atom is -0.479 e. The zero-order valence-electron chi connectivity index (χ0n) is 14.4. The predicted octanol–water partition coefficient (Wildman–Crippen LogP) is 3.39. The summed E-state index contributed by atoms with van der Waals surface area (Å²) in [6.45, 7) is 2.29. The van der Waals surface area contributed by atoms with E-state index in [4.69, 9.17) is 4.74 Å². The number of benzene rings is 2. The van der Waals surface area contributed by atoms with Gasteiger partial charge in [-0.05, 0) is 42.6 Å². The molecule has 1 unspecified atom stereocenters. The molecule has 2 N–H and O–H groups in total. The molecule has 26 heavy (non-hydrogen) atoms. The Labute approximate surface area is 150 Å². The van der Waals surface area contributed by atoms with Crippen LogP contribution >= 0.6 is 0 Å². The van der Waals surface area contributed by atoms with Crippen molar-refractivity contribution >= 4 is 34.1 Å². The number of rotatable bonds is 4. The largest absolute Gasteiger partial charge is 0.479 e. The van der Waals surface area contributed by atoms with Crippen molar-refractivity contribution in [3.8, 4) is 5.75 Å². The first-order valence-corrected chi connectivity index (χ1v) is 8.55. The maximum absolute atomic E-state index is 12.3. The number of carbonyl (C=O) groups excluding carboxylic acids is 2. The number of fused-ring (bicyclic) bond motifs is 2. The van der Waals surface area contributed by atoms with Crippen molar-refractivity contribution in [3.05, 3.63) is 54.7 Å². The second-order valence-electron chi connectivity index (χ2n) is 6.33. The molecule has 3 aromatic rings. The molecule has 2 amide bonds. The topological polar surface area (TPSA) is 72.4 Å². The van der Waals surface area contributed by atoms with Crippen LogP contribution in [0.25, 0.3) is 10.9 Å². The number of hydrogen-bond acceptors (Lipinski definition) is 3. The second kappa shape index (κ2) is 6.55. The molecule has 1 aliphatic rings. The fraction of sp³-hybridized carbons (Fsp3) is 0.200. The first kappa shape index (κ1) is 16.2. The number of nitrogens with one attached hydrogen (secondary N) is 2. The van der Waals surface area contributed by atoms with Crippen LogP contribution in [-0.4, -0.2) is 22.5 Å². The molecule has 0 fully saturated rings. The summed E-state index contributed by atoms with van der Waals surface area (Å²) in [6.07, 6.45) is 1.83. The molecule has 0 bridgehead atoms. The smallest absolute Gasteiger partial charge is 0.265 e. The van der Waals surface area contributed by atoms with Gasteiger partial charge in [-0.3, -0.25) is 9.59 Å². The van der Waals surface area contributed by atoms with Crippen LogP contribution in [0.4, 0.5) is 11.4 Å². The first-order valence-electron chi connectivity index (χ1n) is 8.55. The van der Waals surface area contributed by atoms with Gasteiger partial charge in [0.1, 0.15) is 5.75 Å². The number of ether oxygens (including phenoxy) is 1. The van der Waals surface area contributed by atoms with Crippen molar-refractivity contribution in [2.24, 2.45) is 0 Å². The Hall–Kier alpha value is -3.28. The van der Waals surface area contributed by atoms with E-state index in [-0.39, 0.29) is 11.8 Å². The van der Waals surface area contributed by atoms with Crippen molar-refractivity contribution in [1.29, 1.82) is 0 Å². The number of amides is 2. The highest BCUT2D eigenvalue weighted by molar-refractivity contribution is 5.99. The van der Waals surface area contributed by atoms with Crippen molar-refractivity contribution < 1.29 is 14.3 Å². The molecule has 1 atom stereocenters. The van der Waals surface area contributed by atoms with Gasteiger partial charge in [0.25, 0.3) is 5.91 Å². The highest BCUT2D eigenvalue weighted by atomic mass is 16.5. The molecule has 6 nitrogen and oxygen atoms in total. The average Bonchev–Trinajstić information content (AvgIpc) is 3.04. The molecule has 4 rings (SSSR count). The Balaban J connectivity index is 1.41. The quantitative estimate of drug-likeness (QED) is 0.758. The van der Waals surface area contributed by atoms with E-state index in [0.29, 0.717) is 30.1 Å². The van der Waals surface area contributed by atoms with Crippen molar-refractivity contribution in [3.63, 3.8) is 0 Å². The summed E-state index contributed by atoms with van der Waals surface area (Å²) in [7, 11) is 0. The van der Waals surface area contributed by atoms with Gasteiger partial charge in [0, 0.05) is 30.4 Å². The second-order valence-corrected chi connectivity index (χ2v) is 6.33. The minimum atomic E-state index is -0.515. The highest BCUT2D eigenvalue weighted by Crippen LogP contribution is 2.32. The van der Waals surface area contributed by atoms with Crippen LogP contribution in [0.2, 0.25) is 0 Å². The van der Waals surface area contributed by atoms with Gasteiger partial charge in [-0.2, -0.15) is 0 Å². The third-order valence-electron chi connectivity index (χ3n) is 4.45. The van der Waals surface area contributed by atoms with Crippen molar-refractivity contribution in [1.82, 2.24) is 4.57 Å². The average molecular weight is 349 g/mol. The van der Waals surface area contributed by atoms with Gasteiger partial charge in [0.05, 0.1) is 5.69 Å². The summed E-state index contributed by atoms with van der Waals surface area (Å²) in [5.74, 6) is 0.327. The van der Waals surface area contributed by atoms with Gasteiger partial charge in [0.2, 0.25) is 5.91 Å². The number of aromatic nitrogens is 1. The Morgan fingerprint density at radius 2 is 2.08 bits per heavy atom. The predicted molar refractivity (Wildman–Crippen MR) is 100 cm³/mol. The maximum atomic E-state index is 12.3. The molecule has 0 saturated carbocycles. The molecule has 0 aliphatic carbocycles. The third kappa shape index (κ3) is 3.13. The zero-order valence-corrected chi connectivity index (χ0v) is 14.4. The van der Waals surface area contributed by atoms with Crippen molar-refractivity contribution in [2.45, 2.75) is 26.0 Å². The molecular formula is C20H19N3O3. The number of hydrogen-bond donors (Lipinski definition) is 2. The lowest BCUT2D eigenvalue weighted by atomic mass is 10.2. The SMILES string of the molecule is CC1Oc2ccc(NC(=O)CCn3ccc4ccccc43)cc2NC1=O. The van der Waals surface area contributed by atoms with Crippen LogP contribution < -0.4 is 15.4 Å². The lowest BCUT2D eigenvalue weighted by Crippen LogP contribution is -2.34. The Morgan fingerprint density at radius 3 is 2.96 bits per heavy atom. The summed E-state index contributed by atoms with van der Waals surface area (Å²) < 4.78 is 7.58. The van der Waals surface area contributed by atoms with Gasteiger partial charge >= 0.3 is 0 Å². The molecule has 2 aromatic carbocycles. The number of carbonyl (C=O) groups is 2. The molecule has 1 aromatic heterocycles. The highest BCUT2D eigenvalue weighted by Gasteiger charge is 2.23. The molecule has 132 valence electrons. The monoisotopic (exact) mass is 349 g/mol. The normalized spacial score (nSPS) is 15.9. The van der Waals surface area contributed by atoms with Gasteiger partial charge < -0.3 is 19.9 Å². The Bertz CT molecular complexity index is 993. The van der Waals surface area contributed by atoms with E-state index < -0.39 is 6.10 Å². The van der Waals surface area contributed by atoms with Crippen LogP contribution in [0, 0.1) is 0 Å². The summed E-state index contributed by atoms with van der Waals surface area (Å²) in [5, 5.41) is 6.81. The van der Waals surface area contributed by atoms with Gasteiger partial charge in [0.15, 0.2) is 6.10 Å². The number of aryl methyl sites for hydroxylation is 1. The standard InChI is InChI=1S/C20H19N3O3/c1-13-20(25)22-16-12-15(6-7-18(16)26-13)21-19(24)9-11-23-10-8-14-4-2-3-5-17(14)23/h2-8,10,12-13H,9,11H2,1H3,(H,21,24)(H,22,25). The fourth-order valence-corrected chi connectivity index (χ4v) is 3.07. The van der Waals surface area contributed by atoms with Crippen LogP contribution in [0.15, 0.2) is 54.7 Å². The molecule has 0 spiro atoms. The third-order valence-corrected chi connectivity index (χ3v) is 4.45. The lowest BCUT2D eigenvalue weighted by molar-refractivity contribution is -0.122. The minimum absolute atomic E-state index is 0.0841. The number of nitrogens with zero attached hydrogens (tertiary/aromatic N) is 1. The van der Waals surface area contributed by atoms with Gasteiger partial charge in [-0.15, -0.1) is 0 Å². The molecular weight excluding hydrogens is 330 g/mol. The molecule has 1 aliphatic heterocycles. The van der Waals surface area contributed by atoms with E-state index in [1.54, 1.807) is 25.1 Å². The molecule has 2 heterocycles. The Morgan fingerprint density at radius 1 is 1.23 bits per heavy atom. The van der Waals surface area contributed by atoms with Crippen LogP contribution in [0.5, 0.6) is 5.75 Å². The molecule has 0 radical (unpaired) electrons. The van der Waals surface area contributed by atoms with Crippen LogP contribution in [0.1, 0.15) is 13.3 Å². The maximum Gasteiger partial charge on any atom is 0.265 e. The zero-order chi connectivity index (χ0) is 18.1. The van der Waals surface area contributed by atoms with Crippen molar-refractivity contribution in [2.75, 3.05) is 10.6 Å². The summed E-state index contributed by atoms with van der Waals surface area (Å²) in [4.78, 5) is 24.0. The summed E-state index contributed by atoms with van der Waals surface area (Å²) >= 11 is 0. The first-order chi connectivity index (χ1) is 12.6. The van der Waals surface area contributed by atoms with E-state index in [2.05, 4.69) is 21.3 Å². The molecule has 6 heteroatoms. The number of anilines is 2.